The highest BCUT2D eigenvalue weighted by Gasteiger charge is 2.73. The maximum atomic E-state index is 11.7. The molecule has 0 amide bonds. The van der Waals surface area contributed by atoms with Gasteiger partial charge >= 0.3 is 0 Å². The van der Waals surface area contributed by atoms with Crippen molar-refractivity contribution in [3.63, 3.8) is 0 Å². The second kappa shape index (κ2) is 1.40. The summed E-state index contributed by atoms with van der Waals surface area (Å²) in [6.07, 6.45) is 2.11. The van der Waals surface area contributed by atoms with Gasteiger partial charge in [0.1, 0.15) is 11.6 Å². The van der Waals surface area contributed by atoms with Gasteiger partial charge in [0.15, 0.2) is 0 Å². The van der Waals surface area contributed by atoms with Crippen LogP contribution in [0.15, 0.2) is 0 Å². The molecule has 0 unspecified atom stereocenters. The largest absolute Gasteiger partial charge is 0.299 e. The van der Waals surface area contributed by atoms with Gasteiger partial charge in [0.05, 0.1) is 0 Å². The number of carbonyl (C=O) groups excluding carboxylic acids is 2. The Hall–Kier alpha value is -0.660. The third-order valence-corrected chi connectivity index (χ3v) is 4.79. The third kappa shape index (κ3) is 0.346. The average molecular weight is 162 g/mol. The van der Waals surface area contributed by atoms with Crippen molar-refractivity contribution in [2.75, 3.05) is 0 Å². The Labute approximate surface area is 70.3 Å². The molecular weight excluding hydrogens is 152 g/mol. The lowest BCUT2D eigenvalue weighted by Gasteiger charge is -2.42. The Kier molecular flexibility index (Phi) is 0.690. The molecule has 0 N–H and O–H groups in total. The molecule has 0 spiro atoms. The summed E-state index contributed by atoms with van der Waals surface area (Å²) in [5.74, 6) is 2.90. The molecule has 5 fully saturated rings. The van der Waals surface area contributed by atoms with Crippen molar-refractivity contribution in [3.8, 4) is 0 Å². The van der Waals surface area contributed by atoms with Crippen LogP contribution in [0.5, 0.6) is 0 Å². The Balaban J connectivity index is 1.98. The number of ketones is 2. The minimum atomic E-state index is 0.169. The fourth-order valence-corrected chi connectivity index (χ4v) is 4.38. The lowest BCUT2D eigenvalue weighted by molar-refractivity contribution is -0.145. The Bertz CT molecular complexity index is 276. The van der Waals surface area contributed by atoms with Crippen LogP contribution in [-0.4, -0.2) is 11.6 Å². The van der Waals surface area contributed by atoms with Crippen LogP contribution >= 0.6 is 0 Å². The van der Waals surface area contributed by atoms with E-state index in [1.165, 1.54) is 0 Å². The van der Waals surface area contributed by atoms with E-state index < -0.39 is 0 Å². The summed E-state index contributed by atoms with van der Waals surface area (Å²) in [4.78, 5) is 23.3. The quantitative estimate of drug-likeness (QED) is 0.524. The van der Waals surface area contributed by atoms with Crippen LogP contribution < -0.4 is 0 Å². The Morgan fingerprint density at radius 1 is 0.833 bits per heavy atom. The van der Waals surface area contributed by atoms with Crippen molar-refractivity contribution in [2.24, 2.45) is 35.5 Å². The fraction of sp³-hybridized carbons (Fsp3) is 0.800. The molecule has 0 saturated heterocycles. The first-order valence-electron chi connectivity index (χ1n) is 4.86. The fourth-order valence-electron chi connectivity index (χ4n) is 4.38. The van der Waals surface area contributed by atoms with E-state index in [9.17, 15) is 9.59 Å². The summed E-state index contributed by atoms with van der Waals surface area (Å²) in [6, 6.07) is 0. The van der Waals surface area contributed by atoms with Crippen LogP contribution in [0.2, 0.25) is 0 Å². The van der Waals surface area contributed by atoms with Gasteiger partial charge in [-0.1, -0.05) is 0 Å². The molecule has 5 rings (SSSR count). The smallest absolute Gasteiger partial charge is 0.140 e. The van der Waals surface area contributed by atoms with E-state index >= 15 is 0 Å². The van der Waals surface area contributed by atoms with Crippen molar-refractivity contribution in [1.29, 1.82) is 0 Å². The average Bonchev–Trinajstić information content (AvgIpc) is 2.29. The molecule has 0 aliphatic heterocycles. The first-order chi connectivity index (χ1) is 5.79. The lowest BCUT2D eigenvalue weighted by Crippen LogP contribution is -2.47. The van der Waals surface area contributed by atoms with Crippen LogP contribution in [0.4, 0.5) is 0 Å². The molecule has 0 heterocycles. The van der Waals surface area contributed by atoms with Crippen LogP contribution in [0.1, 0.15) is 12.8 Å². The molecule has 6 atom stereocenters. The van der Waals surface area contributed by atoms with E-state index in [-0.39, 0.29) is 23.7 Å². The predicted molar refractivity (Wildman–Crippen MR) is 40.2 cm³/mol. The standard InChI is InChI=1S/C10H10O2/c11-9-5-1-3-4-2-6(5)10(12)8(4)7(3)9/h3-8H,1-2H2/t3-,4+,5+,6-,7-,8+. The third-order valence-electron chi connectivity index (χ3n) is 4.79. The summed E-state index contributed by atoms with van der Waals surface area (Å²) in [7, 11) is 0. The molecule has 5 saturated carbocycles. The molecule has 12 heavy (non-hydrogen) atoms. The summed E-state index contributed by atoms with van der Waals surface area (Å²) >= 11 is 0. The van der Waals surface area contributed by atoms with Gasteiger partial charge in [0.25, 0.3) is 0 Å². The van der Waals surface area contributed by atoms with E-state index in [1.807, 2.05) is 0 Å². The molecule has 2 heteroatoms. The van der Waals surface area contributed by atoms with E-state index in [2.05, 4.69) is 0 Å². The summed E-state index contributed by atoms with van der Waals surface area (Å²) in [6.45, 7) is 0. The molecule has 62 valence electrons. The van der Waals surface area contributed by atoms with Crippen LogP contribution in [0.25, 0.3) is 0 Å². The number of Topliss-reactive ketones (excluding diaryl/α,β-unsaturated/α-hetero) is 2. The maximum Gasteiger partial charge on any atom is 0.140 e. The van der Waals surface area contributed by atoms with E-state index in [1.54, 1.807) is 0 Å². The molecule has 0 radical (unpaired) electrons. The number of rotatable bonds is 0. The van der Waals surface area contributed by atoms with Gasteiger partial charge in [-0.05, 0) is 24.7 Å². The summed E-state index contributed by atoms with van der Waals surface area (Å²) < 4.78 is 0. The second-order valence-electron chi connectivity index (χ2n) is 4.87. The van der Waals surface area contributed by atoms with E-state index in [4.69, 9.17) is 0 Å². The van der Waals surface area contributed by atoms with Crippen molar-refractivity contribution in [1.82, 2.24) is 0 Å². The SMILES string of the molecule is O=C1[C@@H]2[C@@H]3C[C@H]1[C@H]1C[C@@H]3[C@@H]2C1=O. The molecule has 6 bridgehead atoms. The first-order valence-corrected chi connectivity index (χ1v) is 4.86. The number of carbonyl (C=O) groups is 2. The van der Waals surface area contributed by atoms with Gasteiger partial charge in [-0.25, -0.2) is 0 Å². The minimum Gasteiger partial charge on any atom is -0.299 e. The monoisotopic (exact) mass is 162 g/mol. The first kappa shape index (κ1) is 5.90. The van der Waals surface area contributed by atoms with Gasteiger partial charge in [0, 0.05) is 23.7 Å². The Morgan fingerprint density at radius 2 is 1.25 bits per heavy atom. The number of hydrogen-bond acceptors (Lipinski definition) is 2. The molecule has 0 aromatic rings. The predicted octanol–water partition coefficient (Wildman–Crippen LogP) is 0.656. The normalized spacial score (nSPS) is 64.3. The number of hydrogen-bond donors (Lipinski definition) is 0. The molecule has 0 aromatic carbocycles. The zero-order valence-electron chi connectivity index (χ0n) is 6.69. The maximum absolute atomic E-state index is 11.7. The van der Waals surface area contributed by atoms with E-state index in [0.29, 0.717) is 23.4 Å². The highest BCUT2D eigenvalue weighted by atomic mass is 16.1. The zero-order chi connectivity index (χ0) is 8.03. The summed E-state index contributed by atoms with van der Waals surface area (Å²) in [5.41, 5.74) is 0. The van der Waals surface area contributed by atoms with Crippen molar-refractivity contribution >= 4 is 11.6 Å². The highest BCUT2D eigenvalue weighted by Crippen LogP contribution is 2.69. The van der Waals surface area contributed by atoms with Crippen molar-refractivity contribution < 1.29 is 9.59 Å². The topological polar surface area (TPSA) is 34.1 Å². The van der Waals surface area contributed by atoms with Gasteiger partial charge in [-0.2, -0.15) is 0 Å². The highest BCUT2D eigenvalue weighted by molar-refractivity contribution is 6.04. The van der Waals surface area contributed by atoms with Crippen LogP contribution in [0.3, 0.4) is 0 Å². The van der Waals surface area contributed by atoms with E-state index in [0.717, 1.165) is 12.8 Å². The Morgan fingerprint density at radius 3 is 1.67 bits per heavy atom. The molecule has 5 aliphatic carbocycles. The van der Waals surface area contributed by atoms with Gasteiger partial charge in [-0.3, -0.25) is 9.59 Å². The molecule has 0 aromatic heterocycles. The molecule has 5 aliphatic rings. The minimum absolute atomic E-state index is 0.169. The summed E-state index contributed by atoms with van der Waals surface area (Å²) in [5, 5.41) is 0. The van der Waals surface area contributed by atoms with Crippen molar-refractivity contribution in [3.05, 3.63) is 0 Å². The van der Waals surface area contributed by atoms with Crippen molar-refractivity contribution in [2.45, 2.75) is 12.8 Å². The molecular formula is C10H10O2. The second-order valence-corrected chi connectivity index (χ2v) is 4.87. The van der Waals surface area contributed by atoms with Crippen LogP contribution in [-0.2, 0) is 9.59 Å². The van der Waals surface area contributed by atoms with Gasteiger partial charge in [-0.15, -0.1) is 0 Å². The lowest BCUT2D eigenvalue weighted by atomic mass is 9.59. The van der Waals surface area contributed by atoms with Gasteiger partial charge < -0.3 is 0 Å². The zero-order valence-corrected chi connectivity index (χ0v) is 6.69. The van der Waals surface area contributed by atoms with Gasteiger partial charge in [0.2, 0.25) is 0 Å². The van der Waals surface area contributed by atoms with Crippen LogP contribution in [0, 0.1) is 35.5 Å². The molecule has 2 nitrogen and oxygen atoms in total.